The Labute approximate surface area is 137 Å². The highest BCUT2D eigenvalue weighted by molar-refractivity contribution is 7.12. The van der Waals surface area contributed by atoms with Gasteiger partial charge in [0.15, 0.2) is 0 Å². The molecule has 1 aliphatic rings. The van der Waals surface area contributed by atoms with E-state index in [1.165, 1.54) is 11.3 Å². The molecule has 0 radical (unpaired) electrons. The van der Waals surface area contributed by atoms with Crippen LogP contribution in [0.3, 0.4) is 0 Å². The Kier molecular flexibility index (Phi) is 4.47. The zero-order valence-corrected chi connectivity index (χ0v) is 13.3. The summed E-state index contributed by atoms with van der Waals surface area (Å²) in [5.41, 5.74) is 0.739. The van der Waals surface area contributed by atoms with E-state index >= 15 is 0 Å². The Bertz CT molecular complexity index is 685. The number of nitrogens with one attached hydrogen (secondary N) is 1. The number of carbonyl (C=O) groups excluding carboxylic acids is 2. The van der Waals surface area contributed by atoms with Crippen LogP contribution in [0.4, 0.5) is 10.5 Å². The number of rotatable bonds is 5. The molecule has 1 N–H and O–H groups in total. The van der Waals surface area contributed by atoms with E-state index in [1.54, 1.807) is 42.3 Å². The van der Waals surface area contributed by atoms with Gasteiger partial charge in [0.2, 0.25) is 0 Å². The second-order valence-electron chi connectivity index (χ2n) is 5.00. The molecule has 1 atom stereocenters. The van der Waals surface area contributed by atoms with E-state index in [2.05, 4.69) is 5.32 Å². The number of thiophene rings is 1. The summed E-state index contributed by atoms with van der Waals surface area (Å²) in [5.74, 6) is 0.569. The van der Waals surface area contributed by atoms with Crippen molar-refractivity contribution in [1.82, 2.24) is 5.32 Å². The molecule has 6 nitrogen and oxygen atoms in total. The first-order valence-electron chi connectivity index (χ1n) is 7.11. The third-order valence-corrected chi connectivity index (χ3v) is 4.36. The van der Waals surface area contributed by atoms with Gasteiger partial charge in [0.1, 0.15) is 11.9 Å². The van der Waals surface area contributed by atoms with Crippen LogP contribution >= 0.6 is 11.3 Å². The van der Waals surface area contributed by atoms with Crippen LogP contribution in [0.1, 0.15) is 9.67 Å². The first kappa shape index (κ1) is 15.4. The fourth-order valence-corrected chi connectivity index (χ4v) is 2.94. The van der Waals surface area contributed by atoms with Crippen molar-refractivity contribution in [2.45, 2.75) is 6.10 Å². The maximum Gasteiger partial charge on any atom is 0.414 e. The van der Waals surface area contributed by atoms with Crippen LogP contribution in [0, 0.1) is 0 Å². The second kappa shape index (κ2) is 6.70. The number of hydrogen-bond donors (Lipinski definition) is 1. The summed E-state index contributed by atoms with van der Waals surface area (Å²) in [6.07, 6.45) is -0.779. The van der Waals surface area contributed by atoms with Crippen LogP contribution in [0.25, 0.3) is 0 Å². The number of amides is 2. The molecule has 2 amide bonds. The van der Waals surface area contributed by atoms with Gasteiger partial charge in [-0.05, 0) is 35.7 Å². The Morgan fingerprint density at radius 3 is 2.83 bits per heavy atom. The number of nitrogens with zero attached hydrogens (tertiary/aromatic N) is 1. The number of methoxy groups -OCH3 is 1. The maximum absolute atomic E-state index is 12.0. The summed E-state index contributed by atoms with van der Waals surface area (Å²) < 4.78 is 10.4. The van der Waals surface area contributed by atoms with Gasteiger partial charge in [0.05, 0.1) is 25.1 Å². The van der Waals surface area contributed by atoms with Crippen molar-refractivity contribution in [1.29, 1.82) is 0 Å². The van der Waals surface area contributed by atoms with Gasteiger partial charge in [0, 0.05) is 5.69 Å². The molecule has 1 aliphatic heterocycles. The molecule has 2 heterocycles. The highest BCUT2D eigenvalue weighted by Gasteiger charge is 2.32. The standard InChI is InChI=1S/C16H16N2O4S/c1-21-12-6-4-11(5-7-12)18-10-13(22-16(18)20)9-17-15(19)14-3-2-8-23-14/h2-8,13H,9-10H2,1H3,(H,17,19). The van der Waals surface area contributed by atoms with Gasteiger partial charge >= 0.3 is 6.09 Å². The first-order valence-corrected chi connectivity index (χ1v) is 7.99. The molecule has 1 unspecified atom stereocenters. The third-order valence-electron chi connectivity index (χ3n) is 3.49. The van der Waals surface area contributed by atoms with Crippen molar-refractivity contribution >= 4 is 29.0 Å². The van der Waals surface area contributed by atoms with Gasteiger partial charge in [-0.25, -0.2) is 4.79 Å². The maximum atomic E-state index is 12.0. The topological polar surface area (TPSA) is 67.9 Å². The lowest BCUT2D eigenvalue weighted by Crippen LogP contribution is -2.34. The quantitative estimate of drug-likeness (QED) is 0.913. The zero-order chi connectivity index (χ0) is 16.2. The highest BCUT2D eigenvalue weighted by atomic mass is 32.1. The van der Waals surface area contributed by atoms with Gasteiger partial charge in [-0.1, -0.05) is 6.07 Å². The van der Waals surface area contributed by atoms with Gasteiger partial charge in [0.25, 0.3) is 5.91 Å². The fourth-order valence-electron chi connectivity index (χ4n) is 2.30. The number of ether oxygens (including phenoxy) is 2. The molecule has 1 aromatic carbocycles. The molecule has 7 heteroatoms. The largest absolute Gasteiger partial charge is 0.497 e. The molecule has 0 aliphatic carbocycles. The average molecular weight is 332 g/mol. The summed E-state index contributed by atoms with van der Waals surface area (Å²) >= 11 is 1.37. The van der Waals surface area contributed by atoms with Crippen molar-refractivity contribution in [3.05, 3.63) is 46.7 Å². The zero-order valence-electron chi connectivity index (χ0n) is 12.5. The normalized spacial score (nSPS) is 17.0. The van der Waals surface area contributed by atoms with Crippen LogP contribution in [-0.2, 0) is 4.74 Å². The minimum Gasteiger partial charge on any atom is -0.497 e. The van der Waals surface area contributed by atoms with Crippen molar-refractivity contribution in [3.63, 3.8) is 0 Å². The average Bonchev–Trinajstić information content (AvgIpc) is 3.22. The summed E-state index contributed by atoms with van der Waals surface area (Å²) in [5, 5.41) is 4.63. The third kappa shape index (κ3) is 3.45. The predicted octanol–water partition coefficient (Wildman–Crippen LogP) is 2.51. The summed E-state index contributed by atoms with van der Waals surface area (Å²) in [4.78, 5) is 26.1. The molecule has 1 aromatic heterocycles. The van der Waals surface area contributed by atoms with E-state index in [4.69, 9.17) is 9.47 Å². The Morgan fingerprint density at radius 1 is 1.39 bits per heavy atom. The van der Waals surface area contributed by atoms with Gasteiger partial charge in [-0.15, -0.1) is 11.3 Å². The minimum absolute atomic E-state index is 0.154. The van der Waals surface area contributed by atoms with E-state index in [1.807, 2.05) is 11.4 Å². The molecule has 1 saturated heterocycles. The van der Waals surface area contributed by atoms with Crippen LogP contribution < -0.4 is 15.0 Å². The lowest BCUT2D eigenvalue weighted by Gasteiger charge is -2.13. The van der Waals surface area contributed by atoms with E-state index in [0.717, 1.165) is 11.4 Å². The van der Waals surface area contributed by atoms with E-state index in [0.29, 0.717) is 11.4 Å². The molecule has 1 fully saturated rings. The molecular weight excluding hydrogens is 316 g/mol. The lowest BCUT2D eigenvalue weighted by atomic mass is 10.2. The first-order chi connectivity index (χ1) is 11.2. The van der Waals surface area contributed by atoms with Crippen molar-refractivity contribution in [2.75, 3.05) is 25.1 Å². The molecular formula is C16H16N2O4S. The Morgan fingerprint density at radius 2 is 2.17 bits per heavy atom. The van der Waals surface area contributed by atoms with Crippen LogP contribution in [0.2, 0.25) is 0 Å². The number of cyclic esters (lactones) is 1. The van der Waals surface area contributed by atoms with E-state index in [-0.39, 0.29) is 18.6 Å². The Balaban J connectivity index is 1.57. The summed E-state index contributed by atoms with van der Waals surface area (Å²) in [7, 11) is 1.59. The SMILES string of the molecule is COc1ccc(N2CC(CNC(=O)c3cccs3)OC2=O)cc1. The second-order valence-corrected chi connectivity index (χ2v) is 5.95. The number of carbonyl (C=O) groups is 2. The molecule has 2 aromatic rings. The minimum atomic E-state index is -0.412. The molecule has 0 saturated carbocycles. The number of benzene rings is 1. The lowest BCUT2D eigenvalue weighted by molar-refractivity contribution is 0.0920. The van der Waals surface area contributed by atoms with E-state index in [9.17, 15) is 9.59 Å². The molecule has 0 spiro atoms. The van der Waals surface area contributed by atoms with Crippen LogP contribution in [-0.4, -0.2) is 38.3 Å². The van der Waals surface area contributed by atoms with Gasteiger partial charge in [-0.3, -0.25) is 9.69 Å². The monoisotopic (exact) mass is 332 g/mol. The molecule has 0 bridgehead atoms. The summed E-state index contributed by atoms with van der Waals surface area (Å²) in [6.45, 7) is 0.686. The number of anilines is 1. The molecule has 3 rings (SSSR count). The fraction of sp³-hybridized carbons (Fsp3) is 0.250. The summed E-state index contributed by atoms with van der Waals surface area (Å²) in [6, 6.07) is 10.7. The van der Waals surface area contributed by atoms with Gasteiger partial charge < -0.3 is 14.8 Å². The van der Waals surface area contributed by atoms with Gasteiger partial charge in [-0.2, -0.15) is 0 Å². The Hall–Kier alpha value is -2.54. The molecule has 23 heavy (non-hydrogen) atoms. The smallest absolute Gasteiger partial charge is 0.414 e. The highest BCUT2D eigenvalue weighted by Crippen LogP contribution is 2.24. The molecule has 120 valence electrons. The van der Waals surface area contributed by atoms with Crippen LogP contribution in [0.5, 0.6) is 5.75 Å². The predicted molar refractivity (Wildman–Crippen MR) is 87.3 cm³/mol. The van der Waals surface area contributed by atoms with Crippen LogP contribution in [0.15, 0.2) is 41.8 Å². The number of hydrogen-bond acceptors (Lipinski definition) is 5. The van der Waals surface area contributed by atoms with Crippen molar-refractivity contribution in [2.24, 2.45) is 0 Å². The van der Waals surface area contributed by atoms with Crippen molar-refractivity contribution in [3.8, 4) is 5.75 Å². The van der Waals surface area contributed by atoms with Crippen molar-refractivity contribution < 1.29 is 19.1 Å². The van der Waals surface area contributed by atoms with E-state index < -0.39 is 6.09 Å².